The molecular formula is C20H30O5. The number of aliphatic carboxylic acids is 1. The highest BCUT2D eigenvalue weighted by Gasteiger charge is 2.57. The lowest BCUT2D eigenvalue weighted by atomic mass is 9.46. The van der Waals surface area contributed by atoms with Crippen LogP contribution in [-0.4, -0.2) is 45.7 Å². The van der Waals surface area contributed by atoms with E-state index < -0.39 is 17.5 Å². The zero-order chi connectivity index (χ0) is 18.8. The number of allylic oxidation sites excluding steroid dienone is 2. The van der Waals surface area contributed by atoms with Crippen LogP contribution in [0.3, 0.4) is 0 Å². The van der Waals surface area contributed by atoms with Crippen LogP contribution in [0.5, 0.6) is 0 Å². The van der Waals surface area contributed by atoms with Crippen molar-refractivity contribution in [3.63, 3.8) is 0 Å². The topological polar surface area (TPSA) is 98.0 Å². The summed E-state index contributed by atoms with van der Waals surface area (Å²) in [5, 5.41) is 38.7. The Morgan fingerprint density at radius 1 is 1.32 bits per heavy atom. The molecule has 0 spiro atoms. The minimum Gasteiger partial charge on any atom is -0.478 e. The van der Waals surface area contributed by atoms with Crippen molar-refractivity contribution in [3.8, 4) is 0 Å². The van der Waals surface area contributed by atoms with E-state index in [9.17, 15) is 20.1 Å². The molecule has 2 rings (SSSR count). The van der Waals surface area contributed by atoms with Gasteiger partial charge >= 0.3 is 5.97 Å². The molecule has 2 aliphatic rings. The van der Waals surface area contributed by atoms with Crippen LogP contribution in [0.2, 0.25) is 0 Å². The molecule has 2 fully saturated rings. The molecular weight excluding hydrogens is 320 g/mol. The normalized spacial score (nSPS) is 39.5. The van der Waals surface area contributed by atoms with E-state index in [1.54, 1.807) is 6.08 Å². The van der Waals surface area contributed by atoms with E-state index in [4.69, 9.17) is 5.11 Å². The molecule has 0 aromatic rings. The molecule has 5 nitrogen and oxygen atoms in total. The molecule has 0 bridgehead atoms. The molecule has 5 heteroatoms. The maximum absolute atomic E-state index is 11.3. The number of aliphatic hydroxyl groups excluding tert-OH is 3. The highest BCUT2D eigenvalue weighted by Crippen LogP contribution is 2.61. The van der Waals surface area contributed by atoms with Crippen LogP contribution in [0.4, 0.5) is 0 Å². The summed E-state index contributed by atoms with van der Waals surface area (Å²) in [5.41, 5.74) is 0.365. The average Bonchev–Trinajstić information content (AvgIpc) is 2.56. The fourth-order valence-electron chi connectivity index (χ4n) is 5.02. The summed E-state index contributed by atoms with van der Waals surface area (Å²) >= 11 is 0. The summed E-state index contributed by atoms with van der Waals surface area (Å²) in [6.45, 7) is 7.91. The zero-order valence-electron chi connectivity index (χ0n) is 15.1. The molecule has 0 amide bonds. The first-order valence-corrected chi connectivity index (χ1v) is 8.89. The zero-order valence-corrected chi connectivity index (χ0v) is 15.1. The smallest absolute Gasteiger partial charge is 0.335 e. The van der Waals surface area contributed by atoms with Crippen LogP contribution < -0.4 is 0 Å². The summed E-state index contributed by atoms with van der Waals surface area (Å²) in [6, 6.07) is 0. The van der Waals surface area contributed by atoms with Crippen molar-refractivity contribution in [2.24, 2.45) is 22.7 Å². The molecule has 0 radical (unpaired) electrons. The van der Waals surface area contributed by atoms with E-state index in [-0.39, 0.29) is 36.0 Å². The lowest BCUT2D eigenvalue weighted by Crippen LogP contribution is -2.57. The Bertz CT molecular complexity index is 593. The van der Waals surface area contributed by atoms with Gasteiger partial charge in [-0.15, -0.1) is 0 Å². The Balaban J connectivity index is 2.39. The Labute approximate surface area is 149 Å². The van der Waals surface area contributed by atoms with Gasteiger partial charge in [-0.3, -0.25) is 0 Å². The van der Waals surface area contributed by atoms with E-state index in [2.05, 4.69) is 13.5 Å². The van der Waals surface area contributed by atoms with Gasteiger partial charge in [0.05, 0.1) is 24.9 Å². The number of carboxylic acids is 1. The third kappa shape index (κ3) is 3.46. The van der Waals surface area contributed by atoms with Crippen molar-refractivity contribution >= 4 is 5.97 Å². The first kappa shape index (κ1) is 19.9. The molecule has 25 heavy (non-hydrogen) atoms. The van der Waals surface area contributed by atoms with Crippen LogP contribution in [0.15, 0.2) is 36.0 Å². The van der Waals surface area contributed by atoms with E-state index in [0.29, 0.717) is 6.42 Å². The Morgan fingerprint density at radius 3 is 2.56 bits per heavy atom. The van der Waals surface area contributed by atoms with Gasteiger partial charge in [0.1, 0.15) is 0 Å². The van der Waals surface area contributed by atoms with Crippen molar-refractivity contribution in [3.05, 3.63) is 36.0 Å². The van der Waals surface area contributed by atoms with Crippen LogP contribution in [0.25, 0.3) is 0 Å². The van der Waals surface area contributed by atoms with Crippen molar-refractivity contribution in [2.45, 2.75) is 45.6 Å². The maximum Gasteiger partial charge on any atom is 0.335 e. The van der Waals surface area contributed by atoms with E-state index in [1.807, 2.05) is 13.0 Å². The molecule has 0 heterocycles. The van der Waals surface area contributed by atoms with Crippen molar-refractivity contribution in [1.82, 2.24) is 0 Å². The minimum absolute atomic E-state index is 0.0222. The minimum atomic E-state index is -1.08. The maximum atomic E-state index is 11.3. The molecule has 0 saturated heterocycles. The summed E-state index contributed by atoms with van der Waals surface area (Å²) in [5.74, 6) is -0.970. The molecule has 4 N–H and O–H groups in total. The molecule has 140 valence electrons. The quantitative estimate of drug-likeness (QED) is 0.346. The van der Waals surface area contributed by atoms with Crippen LogP contribution in [0, 0.1) is 22.7 Å². The van der Waals surface area contributed by atoms with Crippen LogP contribution in [0.1, 0.15) is 39.5 Å². The Hall–Kier alpha value is -1.43. The third-order valence-corrected chi connectivity index (χ3v) is 6.58. The first-order valence-electron chi connectivity index (χ1n) is 8.89. The summed E-state index contributed by atoms with van der Waals surface area (Å²) in [7, 11) is 0. The number of hydrogen-bond acceptors (Lipinski definition) is 4. The van der Waals surface area contributed by atoms with Gasteiger partial charge in [-0.05, 0) is 43.1 Å². The monoisotopic (exact) mass is 350 g/mol. The van der Waals surface area contributed by atoms with Crippen molar-refractivity contribution in [1.29, 1.82) is 0 Å². The number of fused-ring (bicyclic) bond motifs is 1. The molecule has 0 aromatic heterocycles. The van der Waals surface area contributed by atoms with Gasteiger partial charge in [0.2, 0.25) is 0 Å². The third-order valence-electron chi connectivity index (χ3n) is 6.58. The van der Waals surface area contributed by atoms with Crippen LogP contribution in [-0.2, 0) is 4.79 Å². The first-order chi connectivity index (χ1) is 11.7. The second-order valence-electron chi connectivity index (χ2n) is 7.96. The van der Waals surface area contributed by atoms with Gasteiger partial charge in [0.15, 0.2) is 0 Å². The fraction of sp³-hybridized carbons (Fsp3) is 0.650. The van der Waals surface area contributed by atoms with Gasteiger partial charge in [-0.1, -0.05) is 38.2 Å². The molecule has 2 saturated carbocycles. The molecule has 0 unspecified atom stereocenters. The van der Waals surface area contributed by atoms with Crippen molar-refractivity contribution in [2.75, 3.05) is 13.2 Å². The number of carboxylic acid groups (broad SMARTS) is 1. The highest BCUT2D eigenvalue weighted by atomic mass is 16.4. The van der Waals surface area contributed by atoms with Crippen LogP contribution >= 0.6 is 0 Å². The second kappa shape index (κ2) is 7.44. The second-order valence-corrected chi connectivity index (χ2v) is 7.96. The van der Waals surface area contributed by atoms with E-state index >= 15 is 0 Å². The van der Waals surface area contributed by atoms with Gasteiger partial charge in [0, 0.05) is 11.3 Å². The molecule has 0 aliphatic heterocycles. The highest BCUT2D eigenvalue weighted by molar-refractivity contribution is 5.89. The summed E-state index contributed by atoms with van der Waals surface area (Å²) in [4.78, 5) is 11.3. The van der Waals surface area contributed by atoms with Gasteiger partial charge in [0.25, 0.3) is 0 Å². The lowest BCUT2D eigenvalue weighted by molar-refractivity contribution is -0.145. The standard InChI is InChI=1S/C20H30O5/c1-13-4-7-16-19(2,10-8-17(23)20(16,3)12-22)15(13)6-5-14(9-11-21)18(24)25/h5-6,9,15-17,21-23H,1,4,7-8,10-12H2,2-3H3,(H,24,25)/b6-5+,14-9-/t15-,16+,17-,19+,20+/m1/s1. The lowest BCUT2D eigenvalue weighted by Gasteiger charge is -2.59. The number of carbonyl (C=O) groups is 1. The summed E-state index contributed by atoms with van der Waals surface area (Å²) in [6.07, 6.45) is 7.23. The Morgan fingerprint density at radius 2 is 2.00 bits per heavy atom. The van der Waals surface area contributed by atoms with Gasteiger partial charge < -0.3 is 20.4 Å². The predicted molar refractivity (Wildman–Crippen MR) is 95.8 cm³/mol. The van der Waals surface area contributed by atoms with Gasteiger partial charge in [-0.2, -0.15) is 0 Å². The number of rotatable bonds is 5. The number of aliphatic hydroxyl groups is 3. The summed E-state index contributed by atoms with van der Waals surface area (Å²) < 4.78 is 0. The SMILES string of the molecule is C=C1CC[C@@H]2[C@](C)(CO)[C@H](O)CC[C@@]2(C)[C@@H]1/C=C/C(=C/CO)C(=O)O. The molecule has 2 aliphatic carbocycles. The van der Waals surface area contributed by atoms with E-state index in [0.717, 1.165) is 24.8 Å². The predicted octanol–water partition coefficient (Wildman–Crippen LogP) is 2.29. The van der Waals surface area contributed by atoms with Gasteiger partial charge in [-0.25, -0.2) is 4.79 Å². The number of hydrogen-bond donors (Lipinski definition) is 4. The molecule has 5 atom stereocenters. The fourth-order valence-corrected chi connectivity index (χ4v) is 5.02. The van der Waals surface area contributed by atoms with Crippen molar-refractivity contribution < 1.29 is 25.2 Å². The largest absolute Gasteiger partial charge is 0.478 e. The molecule has 0 aromatic carbocycles. The Kier molecular flexibility index (Phi) is 5.92. The van der Waals surface area contributed by atoms with E-state index in [1.165, 1.54) is 6.08 Å². The average molecular weight is 350 g/mol.